The fraction of sp³-hybridized carbons (Fsp3) is 0.700. The largest absolute Gasteiger partial charge is 0.379 e. The molecule has 0 saturated carbocycles. The van der Waals surface area contributed by atoms with Gasteiger partial charge in [-0.05, 0) is 13.5 Å². The maximum absolute atomic E-state index is 12.0. The summed E-state index contributed by atoms with van der Waals surface area (Å²) in [5.41, 5.74) is 0. The highest BCUT2D eigenvalue weighted by atomic mass is 32.1. The van der Waals surface area contributed by atoms with Crippen LogP contribution < -0.4 is 10.6 Å². The first-order valence-corrected chi connectivity index (χ1v) is 6.44. The molecule has 0 radical (unpaired) electrons. The quantitative estimate of drug-likeness (QED) is 0.816. The molecule has 1 aromatic rings. The molecule has 1 saturated heterocycles. The van der Waals surface area contributed by atoms with Crippen LogP contribution in [0.15, 0.2) is 0 Å². The summed E-state index contributed by atoms with van der Waals surface area (Å²) in [5, 5.41) is 15.1. The number of ether oxygens (including phenoxy) is 1. The summed E-state index contributed by atoms with van der Waals surface area (Å²) < 4.78 is 5.33. The Hall–Kier alpha value is -1.05. The summed E-state index contributed by atoms with van der Waals surface area (Å²) in [5.74, 6) is -0.205. The number of anilines is 1. The Bertz CT molecular complexity index is 395. The molecule has 1 aromatic heterocycles. The lowest BCUT2D eigenvalue weighted by molar-refractivity contribution is -0.120. The maximum atomic E-state index is 12.0. The molecular weight excluding hydrogens is 240 g/mol. The third-order valence-electron chi connectivity index (χ3n) is 2.64. The van der Waals surface area contributed by atoms with E-state index in [-0.39, 0.29) is 17.9 Å². The molecule has 2 rings (SSSR count). The molecule has 2 unspecified atom stereocenters. The summed E-state index contributed by atoms with van der Waals surface area (Å²) in [7, 11) is 0. The van der Waals surface area contributed by atoms with Crippen LogP contribution in [0.4, 0.5) is 5.13 Å². The third kappa shape index (κ3) is 2.99. The van der Waals surface area contributed by atoms with E-state index in [1.54, 1.807) is 0 Å². The van der Waals surface area contributed by atoms with Crippen LogP contribution in [0, 0.1) is 12.8 Å². The zero-order chi connectivity index (χ0) is 12.3. The fourth-order valence-electron chi connectivity index (χ4n) is 1.82. The summed E-state index contributed by atoms with van der Waals surface area (Å²) in [6, 6.07) is 0.0917. The first kappa shape index (κ1) is 12.4. The molecule has 2 N–H and O–H groups in total. The van der Waals surface area contributed by atoms with Crippen molar-refractivity contribution in [3.05, 3.63) is 5.01 Å². The lowest BCUT2D eigenvalue weighted by Gasteiger charge is -2.16. The molecule has 0 aromatic carbocycles. The number of carbonyl (C=O) groups excluding carboxylic acids is 1. The average molecular weight is 256 g/mol. The highest BCUT2D eigenvalue weighted by Crippen LogP contribution is 2.19. The van der Waals surface area contributed by atoms with Gasteiger partial charge in [-0.25, -0.2) is 0 Å². The SMILES string of the molecule is CCNC1COCC1C(=O)Nc1nnc(C)s1. The molecule has 0 bridgehead atoms. The maximum Gasteiger partial charge on any atom is 0.233 e. The first-order valence-electron chi connectivity index (χ1n) is 5.62. The van der Waals surface area contributed by atoms with Crippen molar-refractivity contribution in [1.29, 1.82) is 0 Å². The molecule has 94 valence electrons. The number of aromatic nitrogens is 2. The predicted molar refractivity (Wildman–Crippen MR) is 65.0 cm³/mol. The second-order valence-corrected chi connectivity index (χ2v) is 5.11. The van der Waals surface area contributed by atoms with Gasteiger partial charge in [0, 0.05) is 6.04 Å². The van der Waals surface area contributed by atoms with Gasteiger partial charge in [-0.1, -0.05) is 18.3 Å². The number of aryl methyl sites for hydroxylation is 1. The molecule has 0 spiro atoms. The number of carbonyl (C=O) groups is 1. The number of likely N-dealkylation sites (N-methyl/N-ethyl adjacent to an activating group) is 1. The minimum Gasteiger partial charge on any atom is -0.379 e. The summed E-state index contributed by atoms with van der Waals surface area (Å²) in [6.45, 7) is 5.74. The van der Waals surface area contributed by atoms with Crippen molar-refractivity contribution in [3.8, 4) is 0 Å². The number of nitrogens with one attached hydrogen (secondary N) is 2. The minimum atomic E-state index is -0.154. The molecule has 6 nitrogen and oxygen atoms in total. The summed E-state index contributed by atoms with van der Waals surface area (Å²) >= 11 is 1.37. The van der Waals surface area contributed by atoms with E-state index < -0.39 is 0 Å². The Morgan fingerprint density at radius 3 is 3.00 bits per heavy atom. The lowest BCUT2D eigenvalue weighted by atomic mass is 10.0. The van der Waals surface area contributed by atoms with Crippen molar-refractivity contribution in [2.24, 2.45) is 5.92 Å². The molecule has 1 amide bonds. The minimum absolute atomic E-state index is 0.0513. The summed E-state index contributed by atoms with van der Waals surface area (Å²) in [4.78, 5) is 12.0. The van der Waals surface area contributed by atoms with Crippen LogP contribution in [0.5, 0.6) is 0 Å². The van der Waals surface area contributed by atoms with Crippen molar-refractivity contribution < 1.29 is 9.53 Å². The van der Waals surface area contributed by atoms with Crippen LogP contribution in [0.25, 0.3) is 0 Å². The van der Waals surface area contributed by atoms with Gasteiger partial charge in [0.25, 0.3) is 0 Å². The van der Waals surface area contributed by atoms with E-state index in [1.807, 2.05) is 13.8 Å². The molecular formula is C10H16N4O2S. The topological polar surface area (TPSA) is 76.1 Å². The second-order valence-electron chi connectivity index (χ2n) is 3.92. The second kappa shape index (κ2) is 5.52. The Balaban J connectivity index is 1.95. The molecule has 0 aliphatic carbocycles. The lowest BCUT2D eigenvalue weighted by Crippen LogP contribution is -2.41. The van der Waals surface area contributed by atoms with E-state index in [9.17, 15) is 4.79 Å². The van der Waals surface area contributed by atoms with E-state index >= 15 is 0 Å². The van der Waals surface area contributed by atoms with E-state index in [4.69, 9.17) is 4.74 Å². The van der Waals surface area contributed by atoms with Gasteiger partial charge in [0.1, 0.15) is 5.01 Å². The monoisotopic (exact) mass is 256 g/mol. The first-order chi connectivity index (χ1) is 8.20. The molecule has 1 aliphatic rings. The van der Waals surface area contributed by atoms with Gasteiger partial charge in [-0.15, -0.1) is 10.2 Å². The Morgan fingerprint density at radius 2 is 2.35 bits per heavy atom. The Morgan fingerprint density at radius 1 is 1.53 bits per heavy atom. The van der Waals surface area contributed by atoms with Crippen LogP contribution in [0.3, 0.4) is 0 Å². The molecule has 2 atom stereocenters. The average Bonchev–Trinajstić information content (AvgIpc) is 2.88. The van der Waals surface area contributed by atoms with Gasteiger partial charge in [0.2, 0.25) is 11.0 Å². The van der Waals surface area contributed by atoms with Gasteiger partial charge < -0.3 is 15.4 Å². The van der Waals surface area contributed by atoms with Gasteiger partial charge in [0.15, 0.2) is 0 Å². The van der Waals surface area contributed by atoms with Crippen LogP contribution in [-0.2, 0) is 9.53 Å². The third-order valence-corrected chi connectivity index (χ3v) is 3.39. The van der Waals surface area contributed by atoms with Crippen molar-refractivity contribution in [1.82, 2.24) is 15.5 Å². The zero-order valence-corrected chi connectivity index (χ0v) is 10.7. The number of rotatable bonds is 4. The molecule has 7 heteroatoms. The molecule has 2 heterocycles. The van der Waals surface area contributed by atoms with E-state index in [1.165, 1.54) is 11.3 Å². The van der Waals surface area contributed by atoms with Gasteiger partial charge in [-0.2, -0.15) is 0 Å². The van der Waals surface area contributed by atoms with Crippen LogP contribution in [-0.4, -0.2) is 41.9 Å². The molecule has 1 fully saturated rings. The van der Waals surface area contributed by atoms with E-state index in [0.717, 1.165) is 11.6 Å². The highest BCUT2D eigenvalue weighted by Gasteiger charge is 2.33. The van der Waals surface area contributed by atoms with Crippen molar-refractivity contribution in [2.45, 2.75) is 19.9 Å². The van der Waals surface area contributed by atoms with Crippen LogP contribution in [0.2, 0.25) is 0 Å². The number of hydrogen-bond acceptors (Lipinski definition) is 6. The van der Waals surface area contributed by atoms with Crippen LogP contribution in [0.1, 0.15) is 11.9 Å². The Labute approximate surface area is 104 Å². The van der Waals surface area contributed by atoms with Gasteiger partial charge in [-0.3, -0.25) is 4.79 Å². The fourth-order valence-corrected chi connectivity index (χ4v) is 2.42. The van der Waals surface area contributed by atoms with Crippen LogP contribution >= 0.6 is 11.3 Å². The van der Waals surface area contributed by atoms with E-state index in [0.29, 0.717) is 18.3 Å². The highest BCUT2D eigenvalue weighted by molar-refractivity contribution is 7.15. The molecule has 1 aliphatic heterocycles. The normalized spacial score (nSPS) is 23.9. The van der Waals surface area contributed by atoms with Crippen molar-refractivity contribution in [2.75, 3.05) is 25.1 Å². The van der Waals surface area contributed by atoms with Crippen molar-refractivity contribution in [3.63, 3.8) is 0 Å². The number of hydrogen-bond donors (Lipinski definition) is 2. The standard InChI is InChI=1S/C10H16N4O2S/c1-3-11-8-5-16-4-7(8)9(15)12-10-14-13-6(2)17-10/h7-8,11H,3-5H2,1-2H3,(H,12,14,15). The molecule has 17 heavy (non-hydrogen) atoms. The van der Waals surface area contributed by atoms with Crippen molar-refractivity contribution >= 4 is 22.4 Å². The predicted octanol–water partition coefficient (Wildman–Crippen LogP) is 0.410. The zero-order valence-electron chi connectivity index (χ0n) is 9.90. The number of amides is 1. The van der Waals surface area contributed by atoms with Gasteiger partial charge >= 0.3 is 0 Å². The smallest absolute Gasteiger partial charge is 0.233 e. The number of nitrogens with zero attached hydrogens (tertiary/aromatic N) is 2. The Kier molecular flexibility index (Phi) is 4.03. The van der Waals surface area contributed by atoms with E-state index in [2.05, 4.69) is 20.8 Å². The van der Waals surface area contributed by atoms with Gasteiger partial charge in [0.05, 0.1) is 19.1 Å². The summed E-state index contributed by atoms with van der Waals surface area (Å²) in [6.07, 6.45) is 0.